The topological polar surface area (TPSA) is 70.7 Å². The Morgan fingerprint density at radius 1 is 1.25 bits per heavy atom. The van der Waals surface area contributed by atoms with Crippen molar-refractivity contribution in [1.82, 2.24) is 15.1 Å². The molecule has 0 spiro atoms. The van der Waals surface area contributed by atoms with Gasteiger partial charge in [-0.05, 0) is 92.4 Å². The Bertz CT molecular complexity index is 917. The summed E-state index contributed by atoms with van der Waals surface area (Å²) in [6.45, 7) is 7.79. The Hall–Kier alpha value is -1.67. The number of Topliss-reactive ketones (excluding diaryl/α,β-unsaturated/α-hetero) is 1. The lowest BCUT2D eigenvalue weighted by Gasteiger charge is -2.63. The standard InChI is InChI=1S/C27H40N4O/c1-17-9-10-26(2)19(11-17)5-6-20-21-7-8-22(27(21,3)12-23(29-4)25(20)26)24(32)16-31-15-18(13-28)14-30-31/h14-15,17,19-23,25,29H,5-12,16H2,1-4H3/t17-,19+,20-,21-,22+,23?,25+,26-,27-/m0/s1. The van der Waals surface area contributed by atoms with Crippen LogP contribution in [0.3, 0.4) is 0 Å². The van der Waals surface area contributed by atoms with Gasteiger partial charge in [0.2, 0.25) is 0 Å². The average molecular weight is 437 g/mol. The van der Waals surface area contributed by atoms with E-state index in [1.54, 1.807) is 17.1 Å². The second kappa shape index (κ2) is 7.97. The Kier molecular flexibility index (Phi) is 5.52. The Morgan fingerprint density at radius 2 is 2.06 bits per heavy atom. The van der Waals surface area contributed by atoms with Gasteiger partial charge in [-0.25, -0.2) is 0 Å². The molecule has 9 atom stereocenters. The summed E-state index contributed by atoms with van der Waals surface area (Å²) >= 11 is 0. The van der Waals surface area contributed by atoms with Crippen LogP contribution >= 0.6 is 0 Å². The number of rotatable bonds is 4. The highest BCUT2D eigenvalue weighted by Crippen LogP contribution is 2.67. The molecular formula is C27H40N4O. The van der Waals surface area contributed by atoms with Crippen molar-refractivity contribution in [3.63, 3.8) is 0 Å². The van der Waals surface area contributed by atoms with Gasteiger partial charge in [-0.3, -0.25) is 9.48 Å². The molecule has 0 aliphatic heterocycles. The summed E-state index contributed by atoms with van der Waals surface area (Å²) in [6, 6.07) is 2.62. The molecule has 1 heterocycles. The molecule has 4 fully saturated rings. The van der Waals surface area contributed by atoms with Crippen molar-refractivity contribution in [3.05, 3.63) is 18.0 Å². The van der Waals surface area contributed by atoms with Gasteiger partial charge in [-0.15, -0.1) is 0 Å². The first-order chi connectivity index (χ1) is 15.3. The number of carbonyl (C=O) groups is 1. The molecule has 1 unspecified atom stereocenters. The fourth-order valence-electron chi connectivity index (χ4n) is 9.24. The van der Waals surface area contributed by atoms with Crippen LogP contribution in [0, 0.1) is 57.7 Å². The van der Waals surface area contributed by atoms with Crippen LogP contribution in [-0.4, -0.2) is 28.7 Å². The third-order valence-electron chi connectivity index (χ3n) is 10.7. The number of hydrogen-bond acceptors (Lipinski definition) is 4. The van der Waals surface area contributed by atoms with Crippen LogP contribution in [0.25, 0.3) is 0 Å². The molecule has 5 nitrogen and oxygen atoms in total. The minimum absolute atomic E-state index is 0.0717. The van der Waals surface area contributed by atoms with Crippen LogP contribution < -0.4 is 5.32 Å². The molecule has 1 aromatic heterocycles. The summed E-state index contributed by atoms with van der Waals surface area (Å²) in [7, 11) is 2.16. The van der Waals surface area contributed by atoms with Crippen molar-refractivity contribution in [1.29, 1.82) is 5.26 Å². The number of aromatic nitrogens is 2. The zero-order valence-electron chi connectivity index (χ0n) is 20.3. The molecule has 5 rings (SSSR count). The molecule has 32 heavy (non-hydrogen) atoms. The first-order valence-electron chi connectivity index (χ1n) is 12.9. The second-order valence-electron chi connectivity index (χ2n) is 12.2. The molecule has 0 aromatic carbocycles. The van der Waals surface area contributed by atoms with Crippen molar-refractivity contribution in [2.45, 2.75) is 84.7 Å². The number of nitrogens with zero attached hydrogens (tertiary/aromatic N) is 3. The molecule has 4 aliphatic carbocycles. The summed E-state index contributed by atoms with van der Waals surface area (Å²) in [4.78, 5) is 13.5. The smallest absolute Gasteiger partial charge is 0.157 e. The van der Waals surface area contributed by atoms with Gasteiger partial charge in [0.05, 0.1) is 18.3 Å². The fraction of sp³-hybridized carbons (Fsp3) is 0.815. The van der Waals surface area contributed by atoms with E-state index in [1.165, 1.54) is 38.5 Å². The zero-order valence-corrected chi connectivity index (χ0v) is 20.3. The zero-order chi connectivity index (χ0) is 22.7. The highest BCUT2D eigenvalue weighted by atomic mass is 16.1. The molecule has 174 valence electrons. The maximum absolute atomic E-state index is 13.5. The average Bonchev–Trinajstić information content (AvgIpc) is 3.36. The molecule has 1 N–H and O–H groups in total. The summed E-state index contributed by atoms with van der Waals surface area (Å²) in [5, 5.41) is 17.1. The molecule has 0 amide bonds. The monoisotopic (exact) mass is 436 g/mol. The highest BCUT2D eigenvalue weighted by Gasteiger charge is 2.63. The van der Waals surface area contributed by atoms with E-state index in [0.717, 1.165) is 36.5 Å². The van der Waals surface area contributed by atoms with Crippen LogP contribution in [0.1, 0.15) is 77.7 Å². The Labute approximate surface area is 193 Å². The summed E-state index contributed by atoms with van der Waals surface area (Å²) in [5.74, 6) is 4.32. The number of ketones is 1. The van der Waals surface area contributed by atoms with Crippen molar-refractivity contribution in [2.24, 2.45) is 46.3 Å². The Morgan fingerprint density at radius 3 is 2.78 bits per heavy atom. The Balaban J connectivity index is 1.40. The van der Waals surface area contributed by atoms with Gasteiger partial charge < -0.3 is 5.32 Å². The van der Waals surface area contributed by atoms with Crippen LogP contribution in [0.2, 0.25) is 0 Å². The molecule has 4 saturated carbocycles. The van der Waals surface area contributed by atoms with Crippen LogP contribution in [0.5, 0.6) is 0 Å². The minimum Gasteiger partial charge on any atom is -0.317 e. The van der Waals surface area contributed by atoms with Crippen molar-refractivity contribution in [2.75, 3.05) is 7.05 Å². The van der Waals surface area contributed by atoms with Crippen molar-refractivity contribution in [3.8, 4) is 6.07 Å². The second-order valence-corrected chi connectivity index (χ2v) is 12.2. The van der Waals surface area contributed by atoms with Gasteiger partial charge in [0.15, 0.2) is 5.78 Å². The first-order valence-corrected chi connectivity index (χ1v) is 12.9. The lowest BCUT2D eigenvalue weighted by atomic mass is 9.43. The van der Waals surface area contributed by atoms with Gasteiger partial charge in [-0.1, -0.05) is 27.2 Å². The van der Waals surface area contributed by atoms with E-state index in [-0.39, 0.29) is 11.3 Å². The van der Waals surface area contributed by atoms with Crippen molar-refractivity contribution < 1.29 is 4.79 Å². The maximum Gasteiger partial charge on any atom is 0.157 e. The predicted molar refractivity (Wildman–Crippen MR) is 125 cm³/mol. The van der Waals surface area contributed by atoms with E-state index in [2.05, 4.69) is 44.3 Å². The van der Waals surface area contributed by atoms with Gasteiger partial charge in [0, 0.05) is 18.2 Å². The summed E-state index contributed by atoms with van der Waals surface area (Å²) < 4.78 is 1.66. The molecule has 0 saturated heterocycles. The van der Waals surface area contributed by atoms with Gasteiger partial charge in [0.25, 0.3) is 0 Å². The number of hydrogen-bond donors (Lipinski definition) is 1. The van der Waals surface area contributed by atoms with Crippen LogP contribution in [-0.2, 0) is 11.3 Å². The molecule has 0 bridgehead atoms. The predicted octanol–water partition coefficient (Wildman–Crippen LogP) is 4.82. The van der Waals surface area contributed by atoms with E-state index in [4.69, 9.17) is 5.26 Å². The van der Waals surface area contributed by atoms with Gasteiger partial charge in [0.1, 0.15) is 6.07 Å². The third kappa shape index (κ3) is 3.28. The lowest BCUT2D eigenvalue weighted by molar-refractivity contribution is -0.143. The molecule has 4 aliphatic rings. The summed E-state index contributed by atoms with van der Waals surface area (Å²) in [6.07, 6.45) is 13.5. The van der Waals surface area contributed by atoms with E-state index < -0.39 is 0 Å². The van der Waals surface area contributed by atoms with E-state index in [1.807, 2.05) is 0 Å². The summed E-state index contributed by atoms with van der Waals surface area (Å²) in [5.41, 5.74) is 1.05. The third-order valence-corrected chi connectivity index (χ3v) is 10.7. The van der Waals surface area contributed by atoms with Crippen LogP contribution in [0.15, 0.2) is 12.4 Å². The molecule has 5 heteroatoms. The minimum atomic E-state index is 0.0717. The molecule has 1 aromatic rings. The van der Waals surface area contributed by atoms with E-state index in [9.17, 15) is 4.79 Å². The lowest BCUT2D eigenvalue weighted by Crippen LogP contribution is -2.61. The van der Waals surface area contributed by atoms with E-state index >= 15 is 0 Å². The molecular weight excluding hydrogens is 396 g/mol. The first kappa shape index (κ1) is 22.1. The number of carbonyl (C=O) groups excluding carboxylic acids is 1. The van der Waals surface area contributed by atoms with Gasteiger partial charge in [-0.2, -0.15) is 10.4 Å². The number of nitriles is 1. The quantitative estimate of drug-likeness (QED) is 0.735. The van der Waals surface area contributed by atoms with Crippen molar-refractivity contribution >= 4 is 5.78 Å². The maximum atomic E-state index is 13.5. The van der Waals surface area contributed by atoms with E-state index in [0.29, 0.717) is 35.3 Å². The largest absolute Gasteiger partial charge is 0.317 e. The fourth-order valence-corrected chi connectivity index (χ4v) is 9.24. The number of fused-ring (bicyclic) bond motifs is 5. The normalized spacial score (nSPS) is 45.4. The van der Waals surface area contributed by atoms with Crippen LogP contribution in [0.4, 0.5) is 0 Å². The number of nitrogens with one attached hydrogen (secondary N) is 1. The molecule has 0 radical (unpaired) electrons. The highest BCUT2D eigenvalue weighted by molar-refractivity contribution is 5.82. The SMILES string of the molecule is CNC1C[C@]2(C)[C@@H](C(=O)Cn3cc(C#N)cn3)CC[C@H]2[C@@H]2CC[C@@H]3C[C@@H](C)CC[C@]3(C)[C@@H]12. The van der Waals surface area contributed by atoms with Gasteiger partial charge >= 0.3 is 0 Å².